The van der Waals surface area contributed by atoms with Gasteiger partial charge in [-0.1, -0.05) is 0 Å². The van der Waals surface area contributed by atoms with Gasteiger partial charge in [0.15, 0.2) is 0 Å². The molecule has 0 spiro atoms. The molecule has 0 atom stereocenters. The molecule has 0 aromatic heterocycles. The van der Waals surface area contributed by atoms with Gasteiger partial charge in [0.2, 0.25) is 7.98 Å². The predicted octanol–water partition coefficient (Wildman–Crippen LogP) is -2.04. The number of nitrogens with two attached hydrogens (primary N) is 1. The predicted molar refractivity (Wildman–Crippen MR) is 55.9 cm³/mol. The highest BCUT2D eigenvalue weighted by Crippen LogP contribution is 2.20. The molecule has 0 fully saturated rings. The fourth-order valence-electron chi connectivity index (χ4n) is 1.15. The molecule has 0 aliphatic carbocycles. The van der Waals surface area contributed by atoms with Gasteiger partial charge < -0.3 is 10.0 Å². The van der Waals surface area contributed by atoms with E-state index in [0.29, 0.717) is 0 Å². The van der Waals surface area contributed by atoms with Crippen molar-refractivity contribution in [2.45, 2.75) is 0 Å². The first-order valence-electron chi connectivity index (χ1n) is 3.91. The first-order chi connectivity index (χ1) is 6.37. The van der Waals surface area contributed by atoms with Gasteiger partial charge >= 0.3 is 0 Å². The van der Waals surface area contributed by atoms with Crippen molar-refractivity contribution in [1.82, 2.24) is 4.92 Å². The second-order valence-electron chi connectivity index (χ2n) is 3.06. The zero-order valence-electron chi connectivity index (χ0n) is 8.31. The van der Waals surface area contributed by atoms with Crippen LogP contribution in [0.3, 0.4) is 0 Å². The maximum Gasteiger partial charge on any atom is 0.254 e. The zero-order chi connectivity index (χ0) is 11.0. The van der Waals surface area contributed by atoms with E-state index in [1.165, 1.54) is 17.0 Å². The molecule has 0 heterocycles. The molecule has 0 aliphatic rings. The largest absolute Gasteiger partial charge is 0.315 e. The van der Waals surface area contributed by atoms with Crippen molar-refractivity contribution in [2.75, 3.05) is 31.2 Å². The third kappa shape index (κ3) is 1.40. The van der Waals surface area contributed by atoms with E-state index >= 15 is 0 Å². The highest BCUT2D eigenvalue weighted by molar-refractivity contribution is 6.05. The minimum absolute atomic E-state index is 0.176. The monoisotopic (exact) mass is 194 g/mol. The molecule has 1 aromatic rings. The first-order valence-corrected chi connectivity index (χ1v) is 3.91. The molecule has 2 N–H and O–H groups in total. The van der Waals surface area contributed by atoms with Gasteiger partial charge in [0, 0.05) is 14.1 Å². The van der Waals surface area contributed by atoms with Gasteiger partial charge in [-0.15, -0.1) is 0 Å². The average molecular weight is 194 g/mol. The molecule has 0 amide bonds. The standard InChI is InChI=1S/C7H11BN4O2/c1-10(9)4-5(7(14)6(4)13)11(2)12(3)8/h9H2,1-3H3. The van der Waals surface area contributed by atoms with Gasteiger partial charge in [-0.3, -0.25) is 14.5 Å². The van der Waals surface area contributed by atoms with Gasteiger partial charge in [-0.25, -0.2) is 5.84 Å². The van der Waals surface area contributed by atoms with Gasteiger partial charge in [0.05, 0.1) is 0 Å². The second kappa shape index (κ2) is 3.43. The van der Waals surface area contributed by atoms with Crippen LogP contribution in [0.4, 0.5) is 11.4 Å². The number of hydrogen-bond donors (Lipinski definition) is 1. The van der Waals surface area contributed by atoms with Crippen molar-refractivity contribution in [3.63, 3.8) is 0 Å². The third-order valence-electron chi connectivity index (χ3n) is 2.01. The number of anilines is 2. The topological polar surface area (TPSA) is 69.9 Å². The Balaban J connectivity index is 3.17. The van der Waals surface area contributed by atoms with E-state index in [2.05, 4.69) is 0 Å². The molecule has 0 bridgehead atoms. The van der Waals surface area contributed by atoms with Crippen LogP contribution in [0.1, 0.15) is 0 Å². The Morgan fingerprint density at radius 2 is 1.50 bits per heavy atom. The Labute approximate surface area is 82.6 Å². The maximum absolute atomic E-state index is 11.2. The van der Waals surface area contributed by atoms with Crippen LogP contribution < -0.4 is 26.7 Å². The normalized spacial score (nSPS) is 10.9. The fourth-order valence-corrected chi connectivity index (χ4v) is 1.15. The average Bonchev–Trinajstić information content (AvgIpc) is 2.10. The molecule has 7 heteroatoms. The SMILES string of the molecule is [B]N(C)N(C)c1c(N(C)N)c(=O)c1=O. The van der Waals surface area contributed by atoms with E-state index in [9.17, 15) is 9.59 Å². The molecule has 74 valence electrons. The minimum atomic E-state index is -0.585. The molecule has 14 heavy (non-hydrogen) atoms. The van der Waals surface area contributed by atoms with E-state index < -0.39 is 10.9 Å². The Kier molecular flexibility index (Phi) is 2.63. The van der Waals surface area contributed by atoms with Crippen molar-refractivity contribution < 1.29 is 0 Å². The van der Waals surface area contributed by atoms with Gasteiger partial charge in [-0.05, 0) is 7.05 Å². The summed E-state index contributed by atoms with van der Waals surface area (Å²) < 4.78 is 0. The van der Waals surface area contributed by atoms with Crippen molar-refractivity contribution in [2.24, 2.45) is 5.84 Å². The summed E-state index contributed by atoms with van der Waals surface area (Å²) in [5.41, 5.74) is -0.768. The van der Waals surface area contributed by atoms with Crippen LogP contribution >= 0.6 is 0 Å². The number of hydrazine groups is 2. The van der Waals surface area contributed by atoms with Crippen LogP contribution in [-0.2, 0) is 0 Å². The summed E-state index contributed by atoms with van der Waals surface area (Å²) in [6, 6.07) is 0. The summed E-state index contributed by atoms with van der Waals surface area (Å²) in [6.07, 6.45) is 0. The van der Waals surface area contributed by atoms with Crippen molar-refractivity contribution in [3.8, 4) is 0 Å². The Hall–Kier alpha value is -1.34. The second-order valence-corrected chi connectivity index (χ2v) is 3.06. The number of rotatable bonds is 3. The number of nitrogens with zero attached hydrogens (tertiary/aromatic N) is 3. The summed E-state index contributed by atoms with van der Waals surface area (Å²) in [5.74, 6) is 5.40. The molecule has 0 saturated carbocycles. The smallest absolute Gasteiger partial charge is 0.254 e. The van der Waals surface area contributed by atoms with E-state index in [1.54, 1.807) is 14.1 Å². The summed E-state index contributed by atoms with van der Waals surface area (Å²) >= 11 is 0. The van der Waals surface area contributed by atoms with Gasteiger partial charge in [0.25, 0.3) is 10.9 Å². The Morgan fingerprint density at radius 1 is 1.07 bits per heavy atom. The zero-order valence-corrected chi connectivity index (χ0v) is 8.31. The summed E-state index contributed by atoms with van der Waals surface area (Å²) in [7, 11) is 10.0. The first kappa shape index (κ1) is 10.7. The van der Waals surface area contributed by atoms with Crippen LogP contribution in [0.15, 0.2) is 9.59 Å². The van der Waals surface area contributed by atoms with Crippen LogP contribution in [0.2, 0.25) is 0 Å². The molecule has 0 unspecified atom stereocenters. The molecular formula is C7H11BN4O2. The molecule has 0 aliphatic heterocycles. The minimum Gasteiger partial charge on any atom is -0.315 e. The van der Waals surface area contributed by atoms with Gasteiger partial charge in [-0.2, -0.15) is 0 Å². The lowest BCUT2D eigenvalue weighted by molar-refractivity contribution is 0.529. The van der Waals surface area contributed by atoms with E-state index in [0.717, 1.165) is 5.01 Å². The van der Waals surface area contributed by atoms with E-state index in [4.69, 9.17) is 13.8 Å². The summed E-state index contributed by atoms with van der Waals surface area (Å²) in [4.78, 5) is 23.5. The lowest BCUT2D eigenvalue weighted by Crippen LogP contribution is -2.49. The highest BCUT2D eigenvalue weighted by Gasteiger charge is 2.26. The highest BCUT2D eigenvalue weighted by atomic mass is 16.2. The molecule has 0 saturated heterocycles. The third-order valence-corrected chi connectivity index (χ3v) is 2.01. The lowest BCUT2D eigenvalue weighted by atomic mass is 10.2. The maximum atomic E-state index is 11.2. The van der Waals surface area contributed by atoms with Crippen molar-refractivity contribution >= 4 is 19.4 Å². The Morgan fingerprint density at radius 3 is 1.86 bits per heavy atom. The van der Waals surface area contributed by atoms with Crippen molar-refractivity contribution in [3.05, 3.63) is 20.4 Å². The van der Waals surface area contributed by atoms with E-state index in [1.807, 2.05) is 0 Å². The molecular weight excluding hydrogens is 183 g/mol. The van der Waals surface area contributed by atoms with Crippen LogP contribution in [0.25, 0.3) is 0 Å². The molecule has 1 aromatic carbocycles. The Bertz CT molecular complexity index is 408. The van der Waals surface area contributed by atoms with Crippen molar-refractivity contribution in [1.29, 1.82) is 0 Å². The molecule has 6 nitrogen and oxygen atoms in total. The van der Waals surface area contributed by atoms with Gasteiger partial charge in [0.1, 0.15) is 11.4 Å². The van der Waals surface area contributed by atoms with Crippen LogP contribution in [-0.4, -0.2) is 34.0 Å². The summed E-state index contributed by atoms with van der Waals surface area (Å²) in [5, 5.41) is 2.47. The number of hydrogen-bond acceptors (Lipinski definition) is 6. The molecule has 1 rings (SSSR count). The fraction of sp³-hybridized carbons (Fsp3) is 0.429. The lowest BCUT2D eigenvalue weighted by Gasteiger charge is -2.31. The van der Waals surface area contributed by atoms with E-state index in [-0.39, 0.29) is 11.4 Å². The quantitative estimate of drug-likeness (QED) is 0.258. The van der Waals surface area contributed by atoms with Crippen LogP contribution in [0.5, 0.6) is 0 Å². The summed E-state index contributed by atoms with van der Waals surface area (Å²) in [6.45, 7) is 0. The molecule has 2 radical (unpaired) electrons. The van der Waals surface area contributed by atoms with Crippen LogP contribution in [0, 0.1) is 0 Å².